The minimum atomic E-state index is -0.762. The molecule has 0 aromatic carbocycles. The van der Waals surface area contributed by atoms with Crippen molar-refractivity contribution in [2.45, 2.75) is 361 Å². The Kier molecular flexibility index (Phi) is 55.0. The van der Waals surface area contributed by atoms with Gasteiger partial charge in [-0.1, -0.05) is 317 Å². The highest BCUT2D eigenvalue weighted by Crippen LogP contribution is 2.19. The molecule has 0 aromatic heterocycles. The number of unbranched alkanes of at least 4 members (excludes halogenated alkanes) is 43. The van der Waals surface area contributed by atoms with Crippen molar-refractivity contribution in [2.24, 2.45) is 5.92 Å². The Morgan fingerprint density at radius 1 is 0.294 bits per heavy atom. The van der Waals surface area contributed by atoms with Gasteiger partial charge in [-0.05, 0) is 25.2 Å². The monoisotopic (exact) mass is 961 g/mol. The maximum absolute atomic E-state index is 12.9. The predicted octanol–water partition coefficient (Wildman–Crippen LogP) is 20.6. The van der Waals surface area contributed by atoms with Crippen LogP contribution in [0, 0.1) is 5.92 Å². The van der Waals surface area contributed by atoms with Gasteiger partial charge in [-0.15, -0.1) is 0 Å². The number of hydrogen-bond donors (Lipinski definition) is 0. The van der Waals surface area contributed by atoms with E-state index in [9.17, 15) is 14.4 Å². The van der Waals surface area contributed by atoms with E-state index in [2.05, 4.69) is 27.7 Å². The zero-order chi connectivity index (χ0) is 49.5. The maximum atomic E-state index is 12.9. The second-order valence-electron chi connectivity index (χ2n) is 21.6. The SMILES string of the molecule is CCCCCCCCCCCCCCCCCCC(=O)OC[C@@H](COC(=O)CCCCCCCCCCCCCC)OC(=O)CCCCCCCCCCCCCCCCCCCCC(C)CC. The van der Waals surface area contributed by atoms with Gasteiger partial charge in [-0.3, -0.25) is 14.4 Å². The molecule has 0 radical (unpaired) electrons. The van der Waals surface area contributed by atoms with Crippen LogP contribution in [0.3, 0.4) is 0 Å². The molecule has 0 saturated heterocycles. The van der Waals surface area contributed by atoms with Crippen LogP contribution in [-0.2, 0) is 28.6 Å². The van der Waals surface area contributed by atoms with E-state index >= 15 is 0 Å². The average Bonchev–Trinajstić information content (AvgIpc) is 3.34. The fourth-order valence-electron chi connectivity index (χ4n) is 9.60. The molecule has 0 aromatic rings. The van der Waals surface area contributed by atoms with Gasteiger partial charge < -0.3 is 14.2 Å². The van der Waals surface area contributed by atoms with Gasteiger partial charge >= 0.3 is 17.9 Å². The van der Waals surface area contributed by atoms with Crippen molar-refractivity contribution in [2.75, 3.05) is 13.2 Å². The van der Waals surface area contributed by atoms with Gasteiger partial charge in [-0.25, -0.2) is 0 Å². The molecule has 0 bridgehead atoms. The molecule has 2 atom stereocenters. The molecule has 0 aliphatic carbocycles. The highest BCUT2D eigenvalue weighted by atomic mass is 16.6. The van der Waals surface area contributed by atoms with E-state index in [1.54, 1.807) is 0 Å². The summed E-state index contributed by atoms with van der Waals surface area (Å²) in [5, 5.41) is 0. The van der Waals surface area contributed by atoms with Crippen molar-refractivity contribution >= 4 is 17.9 Å². The van der Waals surface area contributed by atoms with Crippen LogP contribution in [0.5, 0.6) is 0 Å². The highest BCUT2D eigenvalue weighted by molar-refractivity contribution is 5.71. The van der Waals surface area contributed by atoms with Crippen molar-refractivity contribution in [3.05, 3.63) is 0 Å². The number of ether oxygens (including phenoxy) is 3. The Hall–Kier alpha value is -1.59. The molecule has 0 amide bonds. The Balaban J connectivity index is 4.23. The summed E-state index contributed by atoms with van der Waals surface area (Å²) in [6, 6.07) is 0. The van der Waals surface area contributed by atoms with Gasteiger partial charge in [0.15, 0.2) is 6.10 Å². The molecular weight excluding hydrogens is 841 g/mol. The third-order valence-electron chi connectivity index (χ3n) is 14.7. The number of rotatable bonds is 57. The van der Waals surface area contributed by atoms with Crippen LogP contribution in [-0.4, -0.2) is 37.2 Å². The lowest BCUT2D eigenvalue weighted by Gasteiger charge is -2.18. The molecule has 0 saturated carbocycles. The summed E-state index contributed by atoms with van der Waals surface area (Å²) in [6.45, 7) is 9.12. The van der Waals surface area contributed by atoms with Gasteiger partial charge in [0.25, 0.3) is 0 Å². The van der Waals surface area contributed by atoms with Crippen LogP contribution in [0.2, 0.25) is 0 Å². The van der Waals surface area contributed by atoms with Crippen molar-refractivity contribution in [3.63, 3.8) is 0 Å². The molecule has 0 fully saturated rings. The largest absolute Gasteiger partial charge is 0.462 e. The van der Waals surface area contributed by atoms with E-state index in [0.29, 0.717) is 19.3 Å². The summed E-state index contributed by atoms with van der Waals surface area (Å²) in [5.74, 6) is 0.0783. The van der Waals surface area contributed by atoms with Crippen molar-refractivity contribution in [1.29, 1.82) is 0 Å². The molecule has 6 heteroatoms. The first-order chi connectivity index (χ1) is 33.4. The third kappa shape index (κ3) is 53.8. The lowest BCUT2D eigenvalue weighted by Crippen LogP contribution is -2.30. The first kappa shape index (κ1) is 66.4. The molecule has 0 N–H and O–H groups in total. The summed E-state index contributed by atoms with van der Waals surface area (Å²) >= 11 is 0. The van der Waals surface area contributed by atoms with Crippen molar-refractivity contribution < 1.29 is 28.6 Å². The van der Waals surface area contributed by atoms with Crippen LogP contribution in [0.4, 0.5) is 0 Å². The summed E-state index contributed by atoms with van der Waals surface area (Å²) < 4.78 is 16.9. The fraction of sp³-hybridized carbons (Fsp3) is 0.952. The minimum absolute atomic E-state index is 0.0614. The lowest BCUT2D eigenvalue weighted by molar-refractivity contribution is -0.167. The summed E-state index contributed by atoms with van der Waals surface area (Å²) in [6.07, 6.45) is 62.4. The van der Waals surface area contributed by atoms with E-state index < -0.39 is 6.10 Å². The molecular formula is C62H120O6. The van der Waals surface area contributed by atoms with Crippen LogP contribution in [0.25, 0.3) is 0 Å². The van der Waals surface area contributed by atoms with Crippen LogP contribution in [0.15, 0.2) is 0 Å². The second kappa shape index (κ2) is 56.3. The Bertz CT molecular complexity index is 1030. The van der Waals surface area contributed by atoms with Gasteiger partial charge in [0, 0.05) is 19.3 Å². The zero-order valence-electron chi connectivity index (χ0n) is 46.6. The van der Waals surface area contributed by atoms with Crippen LogP contribution < -0.4 is 0 Å². The quantitative estimate of drug-likeness (QED) is 0.0343. The Labute approximate surface area is 425 Å². The third-order valence-corrected chi connectivity index (χ3v) is 14.7. The minimum Gasteiger partial charge on any atom is -0.462 e. The first-order valence-corrected chi connectivity index (χ1v) is 30.9. The molecule has 1 unspecified atom stereocenters. The highest BCUT2D eigenvalue weighted by Gasteiger charge is 2.19. The van der Waals surface area contributed by atoms with Crippen LogP contribution >= 0.6 is 0 Å². The number of carbonyl (C=O) groups is 3. The lowest BCUT2D eigenvalue weighted by atomic mass is 9.99. The summed E-state index contributed by atoms with van der Waals surface area (Å²) in [5.41, 5.74) is 0. The Morgan fingerprint density at radius 3 is 0.765 bits per heavy atom. The topological polar surface area (TPSA) is 78.9 Å². The molecule has 0 aliphatic heterocycles. The van der Waals surface area contributed by atoms with Gasteiger partial charge in [-0.2, -0.15) is 0 Å². The van der Waals surface area contributed by atoms with Gasteiger partial charge in [0.2, 0.25) is 0 Å². The molecule has 404 valence electrons. The molecule has 0 rings (SSSR count). The van der Waals surface area contributed by atoms with E-state index in [-0.39, 0.29) is 31.1 Å². The van der Waals surface area contributed by atoms with Gasteiger partial charge in [0.1, 0.15) is 13.2 Å². The molecule has 68 heavy (non-hydrogen) atoms. The molecule has 0 heterocycles. The zero-order valence-corrected chi connectivity index (χ0v) is 46.6. The molecule has 0 spiro atoms. The predicted molar refractivity (Wildman–Crippen MR) is 293 cm³/mol. The smallest absolute Gasteiger partial charge is 0.306 e. The fourth-order valence-corrected chi connectivity index (χ4v) is 9.60. The molecule has 0 aliphatic rings. The Morgan fingerprint density at radius 2 is 0.515 bits per heavy atom. The van der Waals surface area contributed by atoms with E-state index in [1.807, 2.05) is 0 Å². The van der Waals surface area contributed by atoms with E-state index in [4.69, 9.17) is 14.2 Å². The van der Waals surface area contributed by atoms with Crippen LogP contribution in [0.1, 0.15) is 355 Å². The van der Waals surface area contributed by atoms with Crippen molar-refractivity contribution in [1.82, 2.24) is 0 Å². The van der Waals surface area contributed by atoms with E-state index in [0.717, 1.165) is 63.7 Å². The summed E-state index contributed by atoms with van der Waals surface area (Å²) in [7, 11) is 0. The van der Waals surface area contributed by atoms with Gasteiger partial charge in [0.05, 0.1) is 0 Å². The normalized spacial score (nSPS) is 12.4. The number of carbonyl (C=O) groups excluding carboxylic acids is 3. The second-order valence-corrected chi connectivity index (χ2v) is 21.6. The van der Waals surface area contributed by atoms with Crippen molar-refractivity contribution in [3.8, 4) is 0 Å². The standard InChI is InChI=1S/C62H120O6/c1-5-8-10-12-14-16-18-20-21-27-30-34-38-42-46-50-54-61(64)67-57-59(56-66-60(63)53-49-45-41-37-33-19-17-15-13-11-9-6-2)68-62(65)55-51-47-43-39-35-31-28-25-23-22-24-26-29-32-36-40-44-48-52-58(4)7-3/h58-59H,5-57H2,1-4H3/t58?,59-/m1/s1. The van der Waals surface area contributed by atoms with E-state index in [1.165, 1.54) is 250 Å². The first-order valence-electron chi connectivity index (χ1n) is 30.9. The summed E-state index contributed by atoms with van der Waals surface area (Å²) in [4.78, 5) is 38.2. The maximum Gasteiger partial charge on any atom is 0.306 e. The average molecular weight is 962 g/mol. The number of esters is 3. The molecule has 6 nitrogen and oxygen atoms in total. The number of hydrogen-bond acceptors (Lipinski definition) is 6.